The van der Waals surface area contributed by atoms with E-state index in [1.165, 1.54) is 0 Å². The molecule has 1 nitrogen and oxygen atoms in total. The van der Waals surface area contributed by atoms with Crippen molar-refractivity contribution in [2.24, 2.45) is 4.52 Å². The lowest BCUT2D eigenvalue weighted by Crippen LogP contribution is -1.30. The van der Waals surface area contributed by atoms with E-state index in [9.17, 15) is 16.8 Å². The normalized spacial score (nSPS) is 9.29. The van der Waals surface area contributed by atoms with Crippen LogP contribution in [0.25, 0.3) is 0 Å². The van der Waals surface area contributed by atoms with Crippen molar-refractivity contribution in [3.63, 3.8) is 0 Å². The average Bonchev–Trinajstić information content (AvgIpc) is 1.27. The van der Waals surface area contributed by atoms with Crippen LogP contribution in [-0.4, -0.2) is 0 Å². The molecule has 0 radical (unpaired) electrons. The minimum atomic E-state index is -3.74. The summed E-state index contributed by atoms with van der Waals surface area (Å²) in [6.45, 7) is 0. The minimum Gasteiger partial charge on any atom is -0.157 e. The molecule has 0 saturated heterocycles. The van der Waals surface area contributed by atoms with E-state index in [0.717, 1.165) is 0 Å². The van der Waals surface area contributed by atoms with E-state index >= 15 is 0 Å². The molecule has 0 N–H and O–H groups in total. The van der Waals surface area contributed by atoms with Gasteiger partial charge in [0.05, 0.1) is 12.9 Å². The van der Waals surface area contributed by atoms with Gasteiger partial charge in [-0.3, -0.25) is 0 Å². The molecule has 42 valence electrons. The fraction of sp³-hybridized carbons (Fsp3) is 0. The standard InChI is InChI=1S/F4NP2/c1-6(2)5-7(3)4/q+1. The summed E-state index contributed by atoms with van der Waals surface area (Å²) in [6.07, 6.45) is 0. The van der Waals surface area contributed by atoms with Gasteiger partial charge in [0.2, 0.25) is 0 Å². The summed E-state index contributed by atoms with van der Waals surface area (Å²) < 4.78 is 44.6. The maximum atomic E-state index is 10.7. The zero-order chi connectivity index (χ0) is 5.86. The van der Waals surface area contributed by atoms with Crippen LogP contribution in [0.2, 0.25) is 0 Å². The Morgan fingerprint density at radius 2 is 1.71 bits per heavy atom. The topological polar surface area (TPSA) is 12.4 Å². The number of nitrogens with zero attached hydrogens (tertiary/aromatic N) is 1. The quantitative estimate of drug-likeness (QED) is 0.402. The van der Waals surface area contributed by atoms with E-state index in [-0.39, 0.29) is 0 Å². The molecule has 0 aliphatic carbocycles. The first-order valence-electron chi connectivity index (χ1n) is 1.08. The molecule has 0 aromatic rings. The van der Waals surface area contributed by atoms with E-state index in [0.29, 0.717) is 0 Å². The van der Waals surface area contributed by atoms with Crippen molar-refractivity contribution in [2.75, 3.05) is 0 Å². The van der Waals surface area contributed by atoms with Gasteiger partial charge in [0, 0.05) is 0 Å². The molecule has 0 fully saturated rings. The van der Waals surface area contributed by atoms with Gasteiger partial charge in [0.15, 0.2) is 0 Å². The molecule has 7 heteroatoms. The lowest BCUT2D eigenvalue weighted by molar-refractivity contribution is 0.734. The van der Waals surface area contributed by atoms with Crippen molar-refractivity contribution in [3.8, 4) is 0 Å². The zero-order valence-corrected chi connectivity index (χ0v) is 4.64. The molecule has 0 bridgehead atoms. The van der Waals surface area contributed by atoms with Gasteiger partial charge in [-0.2, -0.15) is 8.39 Å². The summed E-state index contributed by atoms with van der Waals surface area (Å²) in [5, 5.41) is 0. The molecule has 0 aromatic heterocycles. The maximum absolute atomic E-state index is 10.7. The van der Waals surface area contributed by atoms with Crippen molar-refractivity contribution < 1.29 is 16.8 Å². The van der Waals surface area contributed by atoms with Gasteiger partial charge in [-0.05, 0) is 0 Å². The molecule has 0 unspecified atom stereocenters. The summed E-state index contributed by atoms with van der Waals surface area (Å²) in [4.78, 5) is 0. The van der Waals surface area contributed by atoms with Crippen LogP contribution in [0.15, 0.2) is 4.52 Å². The molecule has 0 heterocycles. The highest BCUT2D eigenvalue weighted by molar-refractivity contribution is 7.53. The summed E-state index contributed by atoms with van der Waals surface area (Å²) in [6, 6.07) is 0. The third-order valence-corrected chi connectivity index (χ3v) is 1.22. The maximum Gasteiger partial charge on any atom is 0.667 e. The van der Waals surface area contributed by atoms with Crippen LogP contribution < -0.4 is 0 Å². The monoisotopic (exact) mass is 152 g/mol. The second kappa shape index (κ2) is 3.28. The Hall–Kier alpha value is 0.250. The third-order valence-electron chi connectivity index (χ3n) is 0.135. The first-order chi connectivity index (χ1) is 3.13. The number of hydrogen-bond donors (Lipinski definition) is 0. The zero-order valence-electron chi connectivity index (χ0n) is 2.85. The van der Waals surface area contributed by atoms with E-state index in [4.69, 9.17) is 0 Å². The van der Waals surface area contributed by atoms with Crippen LogP contribution in [0.4, 0.5) is 16.8 Å². The molecule has 0 spiro atoms. The van der Waals surface area contributed by atoms with E-state index in [1.807, 2.05) is 0 Å². The highest BCUT2D eigenvalue weighted by Gasteiger charge is 2.16. The smallest absolute Gasteiger partial charge is 0.157 e. The van der Waals surface area contributed by atoms with Crippen molar-refractivity contribution in [2.45, 2.75) is 0 Å². The third kappa shape index (κ3) is 6.25. The largest absolute Gasteiger partial charge is 0.667 e. The fourth-order valence-electron chi connectivity index (χ4n) is 0.0511. The summed E-state index contributed by atoms with van der Waals surface area (Å²) in [7, 11) is -7.47. The highest BCUT2D eigenvalue weighted by atomic mass is 31.2. The predicted molar refractivity (Wildman–Crippen MR) is 20.7 cm³/mol. The van der Waals surface area contributed by atoms with Crippen LogP contribution in [0, 0.1) is 0 Å². The van der Waals surface area contributed by atoms with Crippen molar-refractivity contribution >= 4 is 17.0 Å². The van der Waals surface area contributed by atoms with Gasteiger partial charge in [0.1, 0.15) is 0 Å². The lowest BCUT2D eigenvalue weighted by atomic mass is 13.9. The Labute approximate surface area is 39.5 Å². The molecule has 0 rings (SSSR count). The molecule has 0 aromatic carbocycles. The van der Waals surface area contributed by atoms with Crippen molar-refractivity contribution in [1.82, 2.24) is 0 Å². The summed E-state index contributed by atoms with van der Waals surface area (Å²) >= 11 is 0. The van der Waals surface area contributed by atoms with Crippen LogP contribution in [-0.2, 0) is 0 Å². The first kappa shape index (κ1) is 7.25. The van der Waals surface area contributed by atoms with Crippen molar-refractivity contribution in [1.29, 1.82) is 0 Å². The van der Waals surface area contributed by atoms with Gasteiger partial charge < -0.3 is 0 Å². The molecule has 7 heavy (non-hydrogen) atoms. The Bertz CT molecular complexity index is 73.8. The average molecular weight is 152 g/mol. The molecule has 0 aliphatic rings. The summed E-state index contributed by atoms with van der Waals surface area (Å²) in [5.74, 6) is 0. The van der Waals surface area contributed by atoms with Crippen LogP contribution >= 0.6 is 17.0 Å². The molecular weight excluding hydrogens is 152 g/mol. The van der Waals surface area contributed by atoms with E-state index < -0.39 is 17.0 Å². The van der Waals surface area contributed by atoms with Crippen LogP contribution in [0.1, 0.15) is 0 Å². The van der Waals surface area contributed by atoms with Gasteiger partial charge in [-0.25, -0.2) is 0 Å². The Morgan fingerprint density at radius 1 is 1.29 bits per heavy atom. The molecule has 0 saturated carbocycles. The van der Waals surface area contributed by atoms with E-state index in [1.54, 1.807) is 4.52 Å². The fourth-order valence-corrected chi connectivity index (χ4v) is 0.460. The van der Waals surface area contributed by atoms with Crippen LogP contribution in [0.3, 0.4) is 0 Å². The van der Waals surface area contributed by atoms with E-state index in [2.05, 4.69) is 0 Å². The van der Waals surface area contributed by atoms with Crippen LogP contribution in [0.5, 0.6) is 0 Å². The predicted octanol–water partition coefficient (Wildman–Crippen LogP) is 3.59. The molecule has 0 amide bonds. The number of hydrogen-bond acceptors (Lipinski definition) is 1. The van der Waals surface area contributed by atoms with Gasteiger partial charge in [0.25, 0.3) is 0 Å². The Balaban J connectivity index is 3.45. The van der Waals surface area contributed by atoms with Gasteiger partial charge in [-0.15, -0.1) is 0 Å². The molecule has 0 aliphatic heterocycles. The van der Waals surface area contributed by atoms with Gasteiger partial charge >= 0.3 is 17.0 Å². The Morgan fingerprint density at radius 3 is 1.71 bits per heavy atom. The van der Waals surface area contributed by atoms with Gasteiger partial charge in [-0.1, -0.05) is 0 Å². The molecular formula is F4NP2+. The SMILES string of the molecule is FP(F)N=[P+](F)F. The number of rotatable bonds is 1. The second-order valence-electron chi connectivity index (χ2n) is 0.520. The minimum absolute atomic E-state index is 1.74. The lowest BCUT2D eigenvalue weighted by Gasteiger charge is -1.66. The highest BCUT2D eigenvalue weighted by Crippen LogP contribution is 2.49. The number of halogens is 4. The molecule has 0 atom stereocenters. The Kier molecular flexibility index (Phi) is 3.39. The summed E-state index contributed by atoms with van der Waals surface area (Å²) in [5.41, 5.74) is 0. The second-order valence-corrected chi connectivity index (χ2v) is 2.10. The van der Waals surface area contributed by atoms with Crippen molar-refractivity contribution in [3.05, 3.63) is 0 Å². The first-order valence-corrected chi connectivity index (χ1v) is 3.23.